The van der Waals surface area contributed by atoms with E-state index in [9.17, 15) is 9.59 Å². The van der Waals surface area contributed by atoms with Crippen LogP contribution in [0.3, 0.4) is 0 Å². The van der Waals surface area contributed by atoms with Crippen molar-refractivity contribution in [1.29, 1.82) is 0 Å². The van der Waals surface area contributed by atoms with Gasteiger partial charge in [0.05, 0.1) is 13.2 Å². The molecule has 1 heterocycles. The maximum atomic E-state index is 12.2. The Kier molecular flexibility index (Phi) is 28.3. The van der Waals surface area contributed by atoms with Crippen LogP contribution in [-0.4, -0.2) is 134 Å². The van der Waals surface area contributed by atoms with Crippen molar-refractivity contribution in [2.24, 2.45) is 0 Å². The van der Waals surface area contributed by atoms with E-state index in [0.717, 1.165) is 57.8 Å². The molecule has 0 aliphatic carbocycles. The smallest absolute Gasteiger partial charge is 0.251 e. The summed E-state index contributed by atoms with van der Waals surface area (Å²) in [7, 11) is 0. The third kappa shape index (κ3) is 25.6. The molecule has 1 N–H and O–H groups in total. The van der Waals surface area contributed by atoms with Gasteiger partial charge in [0.2, 0.25) is 0 Å². The molecule has 0 saturated carbocycles. The predicted molar refractivity (Wildman–Crippen MR) is 217 cm³/mol. The third-order valence-electron chi connectivity index (χ3n) is 8.66. The number of Topliss-reactive ketones (excluding diaryl/α,β-unsaturated/α-hetero) is 1. The molecular formula is C43H67N3O11. The Balaban J connectivity index is 0.906. The molecule has 0 fully saturated rings. The van der Waals surface area contributed by atoms with E-state index in [-0.39, 0.29) is 11.7 Å². The fourth-order valence-electron chi connectivity index (χ4n) is 5.48. The van der Waals surface area contributed by atoms with Crippen LogP contribution in [0.2, 0.25) is 0 Å². The molecule has 0 bridgehead atoms. The number of nitrogens with zero attached hydrogens (tertiary/aromatic N) is 2. The molecule has 0 aliphatic heterocycles. The van der Waals surface area contributed by atoms with Gasteiger partial charge in [-0.25, -0.2) is 4.63 Å². The number of ketones is 1. The molecule has 3 aromatic rings. The zero-order chi connectivity index (χ0) is 40.3. The number of benzene rings is 2. The Morgan fingerprint density at radius 1 is 0.509 bits per heavy atom. The topological polar surface area (TPSA) is 159 Å². The van der Waals surface area contributed by atoms with E-state index in [4.69, 9.17) is 37.9 Å². The van der Waals surface area contributed by atoms with E-state index in [1.807, 2.05) is 0 Å². The number of ether oxygens (including phenoxy) is 8. The number of amides is 1. The van der Waals surface area contributed by atoms with Crippen molar-refractivity contribution in [2.45, 2.75) is 77.6 Å². The zero-order valence-electron chi connectivity index (χ0n) is 34.2. The predicted octanol–water partition coefficient (Wildman–Crippen LogP) is 6.11. The molecule has 0 unspecified atom stereocenters. The Morgan fingerprint density at radius 2 is 0.947 bits per heavy atom. The Labute approximate surface area is 338 Å². The molecule has 14 nitrogen and oxygen atoms in total. The standard InChI is InChI=1S/C43H67N3O11/c1-37-12-14-38(15-13-37)10-2-11-40(47)18-34-55-32-8-30-53-28-6-26-51-24-4-22-49-20-3-21-50-23-5-25-52-27-7-29-54-31-9-33-56-35-19-44-43(48)39-16-17-41-42(36-39)46-57-45-41/h12-17,36H,2-11,18-35H2,1H3,(H,44,48). The highest BCUT2D eigenvalue weighted by atomic mass is 16.6. The van der Waals surface area contributed by atoms with Crippen LogP contribution in [0.5, 0.6) is 0 Å². The second-order valence-corrected chi connectivity index (χ2v) is 13.7. The van der Waals surface area contributed by atoms with Crippen LogP contribution in [0.4, 0.5) is 0 Å². The average Bonchev–Trinajstić information content (AvgIpc) is 3.70. The van der Waals surface area contributed by atoms with E-state index >= 15 is 0 Å². The van der Waals surface area contributed by atoms with Gasteiger partial charge in [0.1, 0.15) is 16.8 Å². The Morgan fingerprint density at radius 3 is 1.44 bits per heavy atom. The summed E-state index contributed by atoms with van der Waals surface area (Å²) in [6.45, 7) is 12.7. The first-order valence-electron chi connectivity index (χ1n) is 20.8. The molecule has 2 aromatic carbocycles. The second-order valence-electron chi connectivity index (χ2n) is 13.7. The van der Waals surface area contributed by atoms with Gasteiger partial charge in [0.25, 0.3) is 5.91 Å². The van der Waals surface area contributed by atoms with Crippen LogP contribution in [0.25, 0.3) is 11.0 Å². The fourth-order valence-corrected chi connectivity index (χ4v) is 5.48. The molecular weight excluding hydrogens is 734 g/mol. The number of carbonyl (C=O) groups excluding carboxylic acids is 2. The zero-order valence-corrected chi connectivity index (χ0v) is 34.2. The average molecular weight is 802 g/mol. The van der Waals surface area contributed by atoms with Gasteiger partial charge in [-0.15, -0.1) is 0 Å². The number of fused-ring (bicyclic) bond motifs is 1. The SMILES string of the molecule is Cc1ccc(CCCC(=O)CCOCCCOCCCOCCCOCCCOCCCOCCCOCCCOCCNC(=O)c2ccc3nonc3c2)cc1. The second kappa shape index (κ2) is 33.6. The molecule has 0 radical (unpaired) electrons. The first-order chi connectivity index (χ1) is 28.1. The number of hydrogen-bond acceptors (Lipinski definition) is 13. The molecule has 0 spiro atoms. The molecule has 57 heavy (non-hydrogen) atoms. The van der Waals surface area contributed by atoms with Crippen molar-refractivity contribution in [3.8, 4) is 0 Å². The number of aromatic nitrogens is 2. The van der Waals surface area contributed by atoms with Crippen LogP contribution >= 0.6 is 0 Å². The minimum absolute atomic E-state index is 0.190. The van der Waals surface area contributed by atoms with Crippen molar-refractivity contribution in [2.75, 3.05) is 112 Å². The summed E-state index contributed by atoms with van der Waals surface area (Å²) in [5, 5.41) is 10.3. The highest BCUT2D eigenvalue weighted by molar-refractivity contribution is 5.97. The van der Waals surface area contributed by atoms with Crippen molar-refractivity contribution in [1.82, 2.24) is 15.6 Å². The molecule has 1 aromatic heterocycles. The van der Waals surface area contributed by atoms with Crippen LogP contribution in [0.1, 0.15) is 85.7 Å². The van der Waals surface area contributed by atoms with E-state index < -0.39 is 0 Å². The van der Waals surface area contributed by atoms with Gasteiger partial charge in [-0.1, -0.05) is 29.8 Å². The summed E-state index contributed by atoms with van der Waals surface area (Å²) in [6, 6.07) is 13.5. The summed E-state index contributed by atoms with van der Waals surface area (Å²) < 4.78 is 49.7. The number of aryl methyl sites for hydroxylation is 2. The van der Waals surface area contributed by atoms with Gasteiger partial charge in [-0.05, 0) is 98.8 Å². The lowest BCUT2D eigenvalue weighted by Crippen LogP contribution is -2.27. The quantitative estimate of drug-likeness (QED) is 0.0660. The van der Waals surface area contributed by atoms with Crippen LogP contribution in [0.15, 0.2) is 47.1 Å². The lowest BCUT2D eigenvalue weighted by Gasteiger charge is -2.08. The molecule has 1 amide bonds. The number of hydrogen-bond donors (Lipinski definition) is 1. The maximum absolute atomic E-state index is 12.2. The summed E-state index contributed by atoms with van der Waals surface area (Å²) >= 11 is 0. The monoisotopic (exact) mass is 801 g/mol. The number of rotatable bonds is 39. The molecule has 320 valence electrons. The van der Waals surface area contributed by atoms with Gasteiger partial charge in [0.15, 0.2) is 0 Å². The molecule has 14 heteroatoms. The Bertz CT molecular complexity index is 1420. The van der Waals surface area contributed by atoms with Crippen molar-refractivity contribution in [3.05, 3.63) is 59.2 Å². The number of carbonyl (C=O) groups is 2. The van der Waals surface area contributed by atoms with E-state index in [1.54, 1.807) is 18.2 Å². The van der Waals surface area contributed by atoms with Crippen LogP contribution in [0, 0.1) is 6.92 Å². The van der Waals surface area contributed by atoms with E-state index in [2.05, 4.69) is 51.4 Å². The lowest BCUT2D eigenvalue weighted by molar-refractivity contribution is -0.120. The normalized spacial score (nSPS) is 11.5. The van der Waals surface area contributed by atoms with Crippen molar-refractivity contribution in [3.63, 3.8) is 0 Å². The minimum atomic E-state index is -0.190. The summed E-state index contributed by atoms with van der Waals surface area (Å²) in [6.07, 6.45) is 8.88. The van der Waals surface area contributed by atoms with Gasteiger partial charge in [-0.3, -0.25) is 9.59 Å². The van der Waals surface area contributed by atoms with Gasteiger partial charge in [-0.2, -0.15) is 0 Å². The molecule has 0 atom stereocenters. The van der Waals surface area contributed by atoms with E-state index in [1.165, 1.54) is 11.1 Å². The molecule has 3 rings (SSSR count). The summed E-state index contributed by atoms with van der Waals surface area (Å²) in [5.74, 6) is 0.0815. The minimum Gasteiger partial charge on any atom is -0.381 e. The Hall–Kier alpha value is -3.34. The van der Waals surface area contributed by atoms with Gasteiger partial charge < -0.3 is 43.2 Å². The molecule has 0 saturated heterocycles. The fraction of sp³-hybridized carbons (Fsp3) is 0.674. The van der Waals surface area contributed by atoms with Crippen molar-refractivity contribution < 1.29 is 52.1 Å². The van der Waals surface area contributed by atoms with Crippen molar-refractivity contribution >= 4 is 22.7 Å². The van der Waals surface area contributed by atoms with E-state index in [0.29, 0.717) is 142 Å². The van der Waals surface area contributed by atoms with Gasteiger partial charge in [0, 0.05) is 117 Å². The first-order valence-corrected chi connectivity index (χ1v) is 20.8. The maximum Gasteiger partial charge on any atom is 0.251 e. The molecule has 0 aliphatic rings. The third-order valence-corrected chi connectivity index (χ3v) is 8.66. The largest absolute Gasteiger partial charge is 0.381 e. The highest BCUT2D eigenvalue weighted by Crippen LogP contribution is 2.11. The lowest BCUT2D eigenvalue weighted by atomic mass is 10.0. The van der Waals surface area contributed by atoms with Gasteiger partial charge >= 0.3 is 0 Å². The highest BCUT2D eigenvalue weighted by Gasteiger charge is 2.08. The van der Waals surface area contributed by atoms with Crippen LogP contribution in [-0.2, 0) is 49.1 Å². The number of nitrogens with one attached hydrogen (secondary N) is 1. The summed E-state index contributed by atoms with van der Waals surface area (Å²) in [4.78, 5) is 24.3. The first kappa shape index (κ1) is 48.0. The summed E-state index contributed by atoms with van der Waals surface area (Å²) in [5.41, 5.74) is 4.21. The van der Waals surface area contributed by atoms with Crippen LogP contribution < -0.4 is 5.32 Å².